The van der Waals surface area contributed by atoms with E-state index in [-0.39, 0.29) is 43.7 Å². The van der Waals surface area contributed by atoms with E-state index in [1.165, 1.54) is 124 Å². The second kappa shape index (κ2) is 50.4. The van der Waals surface area contributed by atoms with E-state index in [1.54, 1.807) is 35.9 Å². The van der Waals surface area contributed by atoms with Crippen molar-refractivity contribution in [1.82, 2.24) is 34.9 Å². The number of halogens is 1. The van der Waals surface area contributed by atoms with Crippen molar-refractivity contribution in [3.63, 3.8) is 0 Å². The van der Waals surface area contributed by atoms with Gasteiger partial charge in [0.1, 0.15) is 19.0 Å². The molecule has 15 heteroatoms. The molecule has 2 aliphatic rings. The van der Waals surface area contributed by atoms with Gasteiger partial charge in [-0.05, 0) is 222 Å². The molecular formula is C113H148FN7O6S. The third-order valence-electron chi connectivity index (χ3n) is 22.4. The fraction of sp³-hybridized carbons (Fsp3) is 0.442. The van der Waals surface area contributed by atoms with Crippen LogP contribution in [0.5, 0.6) is 35.3 Å². The molecule has 0 saturated heterocycles. The van der Waals surface area contributed by atoms with E-state index in [1.807, 2.05) is 116 Å². The van der Waals surface area contributed by atoms with Crippen molar-refractivity contribution >= 4 is 11.3 Å². The van der Waals surface area contributed by atoms with Crippen LogP contribution in [0.2, 0.25) is 0 Å². The summed E-state index contributed by atoms with van der Waals surface area (Å²) in [4.78, 5) is 31.4. The zero-order valence-electron chi connectivity index (χ0n) is 81.2. The van der Waals surface area contributed by atoms with Crippen LogP contribution in [0.25, 0.3) is 0 Å². The Kier molecular flexibility index (Phi) is 40.4. The van der Waals surface area contributed by atoms with Crippen LogP contribution >= 0.6 is 11.3 Å². The fourth-order valence-electron chi connectivity index (χ4n) is 13.9. The number of hydrogen-bond donors (Lipinski definition) is 0. The fourth-order valence-corrected chi connectivity index (χ4v) is 14.6. The quantitative estimate of drug-likeness (QED) is 0.0599. The van der Waals surface area contributed by atoms with Gasteiger partial charge < -0.3 is 28.4 Å². The number of hydrogen-bond acceptors (Lipinski definition) is 14. The minimum atomic E-state index is -0.187. The van der Waals surface area contributed by atoms with E-state index in [0.29, 0.717) is 56.1 Å². The highest BCUT2D eigenvalue weighted by molar-refractivity contribution is 7.09. The molecule has 2 aliphatic carbocycles. The van der Waals surface area contributed by atoms with Gasteiger partial charge in [-0.3, -0.25) is 4.98 Å². The molecule has 0 radical (unpaired) electrons. The molecule has 12 aromatic rings. The lowest BCUT2D eigenvalue weighted by Gasteiger charge is -2.22. The maximum Gasteiger partial charge on any atom is 0.213 e. The summed E-state index contributed by atoms with van der Waals surface area (Å²) in [6.45, 7) is 52.1. The Hall–Kier alpha value is -10.6. The average molecular weight is 1750 g/mol. The van der Waals surface area contributed by atoms with E-state index in [4.69, 9.17) is 28.4 Å². The Morgan fingerprint density at radius 3 is 0.984 bits per heavy atom. The summed E-state index contributed by atoms with van der Waals surface area (Å²) < 4.78 is 48.0. The molecule has 0 unspecified atom stereocenters. The minimum absolute atomic E-state index is 0.0621. The maximum atomic E-state index is 13.5. The number of aromatic nitrogens is 7. The lowest BCUT2D eigenvalue weighted by molar-refractivity contribution is 0.202. The van der Waals surface area contributed by atoms with Gasteiger partial charge in [-0.25, -0.2) is 34.3 Å². The van der Waals surface area contributed by atoms with Crippen LogP contribution in [-0.2, 0) is 76.8 Å². The van der Waals surface area contributed by atoms with E-state index in [0.717, 1.165) is 73.1 Å². The molecule has 0 amide bonds. The van der Waals surface area contributed by atoms with Gasteiger partial charge in [0.25, 0.3) is 0 Å². The first-order chi connectivity index (χ1) is 60.7. The SMILES string of the molecule is CC(C)(C)c1ccnc(CCc2ccccc2)c1.CC(C)(C)c1ccnc(OCC2CCCC2)c1.CC(C)(C)c1ccnc(OCC2CCCCC2)c1.CC(C)(C)c1ccnc(OCCc2ccccc2F)c1.CC(C)(C)c1ccnc(OCCc2cccs2)c1.CC(C)(C)c1ccnc(OCc2ccccc2)c1.Cc1ccc(COc2cc(C(C)(C)C)ccn2)cc1. The molecule has 0 spiro atoms. The molecule has 4 aromatic carbocycles. The highest BCUT2D eigenvalue weighted by Crippen LogP contribution is 2.33. The number of nitrogens with zero attached hydrogens (tertiary/aromatic N) is 7. The summed E-state index contributed by atoms with van der Waals surface area (Å²) >= 11 is 1.77. The molecule has 684 valence electrons. The molecular weight excluding hydrogens is 1600 g/mol. The molecule has 2 fully saturated rings. The molecule has 0 atom stereocenters. The van der Waals surface area contributed by atoms with Crippen molar-refractivity contribution in [2.24, 2.45) is 11.8 Å². The number of thiophene rings is 1. The Morgan fingerprint density at radius 1 is 0.297 bits per heavy atom. The number of aryl methyl sites for hydroxylation is 3. The lowest BCUT2D eigenvalue weighted by Crippen LogP contribution is -2.16. The number of benzene rings is 4. The van der Waals surface area contributed by atoms with Crippen LogP contribution in [0.15, 0.2) is 255 Å². The summed E-state index contributed by atoms with van der Waals surface area (Å²) in [6.07, 6.45) is 28.5. The van der Waals surface area contributed by atoms with Crippen LogP contribution in [-0.4, -0.2) is 61.3 Å². The Morgan fingerprint density at radius 2 is 0.617 bits per heavy atom. The van der Waals surface area contributed by atoms with E-state index in [9.17, 15) is 4.39 Å². The summed E-state index contributed by atoms with van der Waals surface area (Å²) in [5.74, 6) is 5.55. The number of pyridine rings is 7. The number of rotatable bonds is 23. The minimum Gasteiger partial charge on any atom is -0.477 e. The van der Waals surface area contributed by atoms with Crippen LogP contribution in [0.4, 0.5) is 4.39 Å². The van der Waals surface area contributed by atoms with E-state index < -0.39 is 0 Å². The molecule has 0 N–H and O–H groups in total. The van der Waals surface area contributed by atoms with Crippen molar-refractivity contribution < 1.29 is 32.8 Å². The second-order valence-corrected chi connectivity index (χ2v) is 41.8. The normalized spacial score (nSPS) is 13.1. The monoisotopic (exact) mass is 1750 g/mol. The zero-order chi connectivity index (χ0) is 92.8. The molecule has 14 rings (SSSR count). The van der Waals surface area contributed by atoms with Crippen LogP contribution < -0.4 is 28.4 Å². The summed E-state index contributed by atoms with van der Waals surface area (Å²) in [7, 11) is 0. The highest BCUT2D eigenvalue weighted by Gasteiger charge is 2.23. The van der Waals surface area contributed by atoms with Gasteiger partial charge in [-0.1, -0.05) is 292 Å². The predicted octanol–water partition coefficient (Wildman–Crippen LogP) is 28.9. The first-order valence-electron chi connectivity index (χ1n) is 46.1. The molecule has 8 heterocycles. The summed E-state index contributed by atoms with van der Waals surface area (Å²) in [5, 5.41) is 2.09. The topological polar surface area (TPSA) is 146 Å². The highest BCUT2D eigenvalue weighted by atomic mass is 32.1. The smallest absolute Gasteiger partial charge is 0.213 e. The molecule has 0 bridgehead atoms. The van der Waals surface area contributed by atoms with Crippen molar-refractivity contribution in [2.45, 2.75) is 287 Å². The zero-order valence-corrected chi connectivity index (χ0v) is 82.0. The summed E-state index contributed by atoms with van der Waals surface area (Å²) in [5.41, 5.74) is 16.6. The van der Waals surface area contributed by atoms with Gasteiger partial charge in [-0.15, -0.1) is 11.3 Å². The van der Waals surface area contributed by atoms with Gasteiger partial charge in [0.05, 0.1) is 26.4 Å². The number of ether oxygens (including phenoxy) is 6. The molecule has 128 heavy (non-hydrogen) atoms. The Balaban J connectivity index is 0.000000185. The van der Waals surface area contributed by atoms with Crippen LogP contribution in [0.3, 0.4) is 0 Å². The molecule has 2 saturated carbocycles. The second-order valence-electron chi connectivity index (χ2n) is 40.8. The molecule has 0 aliphatic heterocycles. The van der Waals surface area contributed by atoms with Crippen LogP contribution in [0.1, 0.15) is 281 Å². The third-order valence-corrected chi connectivity index (χ3v) is 23.4. The lowest BCUT2D eigenvalue weighted by atomic mass is 9.87. The van der Waals surface area contributed by atoms with Crippen LogP contribution in [0, 0.1) is 24.6 Å². The standard InChI is InChI=1S/C17H20FNO.C17H21NO.C17H21N.C16H25NO.C16H19NO.C15H19NOS.C15H23NO/c1-17(2,3)14-8-10-19-16(12-14)20-11-9-13-6-4-5-7-15(13)18;1-13-5-7-14(8-6-13)12-19-16-11-15(9-10-18-16)17(2,3)4;1-17(2,3)15-11-12-18-16(13-15)10-9-14-7-5-4-6-8-14;2*1-16(2,3)14-9-10-17-15(11-14)18-12-13-7-5-4-6-8-13;1-15(2,3)12-6-8-16-14(11-12)17-9-7-13-5-4-10-18-13;1-15(2,3)13-8-9-16-14(10-13)17-11-12-6-4-5-7-12/h4-8,10,12H,9,11H2,1-3H3;5-11H,12H2,1-4H3;4-8,11-13H,9-10H2,1-3H3;9-11,13H,4-8,12H2,1-3H3;4-11H,12H2,1-3H3;4-6,8,10-11H,7,9H2,1-3H3;8-10,12H,4-7,11H2,1-3H3. The first-order valence-corrected chi connectivity index (χ1v) is 47.0. The van der Waals surface area contributed by atoms with Gasteiger partial charge in [0, 0.05) is 103 Å². The molecule has 8 aromatic heterocycles. The van der Waals surface area contributed by atoms with Crippen molar-refractivity contribution in [3.8, 4) is 35.3 Å². The summed E-state index contributed by atoms with van der Waals surface area (Å²) in [6, 6.07) is 68.8. The van der Waals surface area contributed by atoms with Crippen molar-refractivity contribution in [3.05, 3.63) is 338 Å². The largest absolute Gasteiger partial charge is 0.477 e. The Bertz CT molecular complexity index is 5040. The van der Waals surface area contributed by atoms with Gasteiger partial charge in [0.2, 0.25) is 35.3 Å². The van der Waals surface area contributed by atoms with E-state index >= 15 is 0 Å². The Labute approximate surface area is 772 Å². The average Bonchev–Trinajstić information content (AvgIpc) is 1.43. The first kappa shape index (κ1) is 103. The molecule has 13 nitrogen and oxygen atoms in total. The van der Waals surface area contributed by atoms with Gasteiger partial charge >= 0.3 is 0 Å². The van der Waals surface area contributed by atoms with Gasteiger partial charge in [-0.2, -0.15) is 0 Å². The predicted molar refractivity (Wildman–Crippen MR) is 529 cm³/mol. The van der Waals surface area contributed by atoms with E-state index in [2.05, 4.69) is 296 Å². The third kappa shape index (κ3) is 38.7. The van der Waals surface area contributed by atoms with Gasteiger partial charge in [0.15, 0.2) is 0 Å². The van der Waals surface area contributed by atoms with Crippen molar-refractivity contribution in [1.29, 1.82) is 0 Å². The maximum absolute atomic E-state index is 13.5. The van der Waals surface area contributed by atoms with Crippen molar-refractivity contribution in [2.75, 3.05) is 26.4 Å².